The van der Waals surface area contributed by atoms with Crippen molar-refractivity contribution in [2.75, 3.05) is 5.75 Å². The number of rotatable bonds is 4. The topological polar surface area (TPSA) is 118 Å². The maximum atomic E-state index is 13.6. The van der Waals surface area contributed by atoms with E-state index in [2.05, 4.69) is 15.4 Å². The summed E-state index contributed by atoms with van der Waals surface area (Å²) in [7, 11) is 0. The van der Waals surface area contributed by atoms with E-state index in [0.717, 1.165) is 22.8 Å². The van der Waals surface area contributed by atoms with Gasteiger partial charge in [0, 0.05) is 23.7 Å². The van der Waals surface area contributed by atoms with Gasteiger partial charge in [0.2, 0.25) is 0 Å². The Morgan fingerprint density at radius 1 is 1.25 bits per heavy atom. The zero-order valence-electron chi connectivity index (χ0n) is 15.9. The summed E-state index contributed by atoms with van der Waals surface area (Å²) in [6.07, 6.45) is -3.65. The number of nitrogens with zero attached hydrogens (tertiary/aromatic N) is 4. The van der Waals surface area contributed by atoms with E-state index in [4.69, 9.17) is 0 Å². The van der Waals surface area contributed by atoms with Gasteiger partial charge in [-0.25, -0.2) is 15.0 Å². The number of aromatic nitrogens is 2. The van der Waals surface area contributed by atoms with E-state index in [9.17, 15) is 32.9 Å². The molecule has 1 atom stereocenters. The monoisotopic (exact) mass is 463 g/mol. The van der Waals surface area contributed by atoms with Crippen LogP contribution >= 0.6 is 11.8 Å². The first-order valence-electron chi connectivity index (χ1n) is 8.97. The van der Waals surface area contributed by atoms with Crippen molar-refractivity contribution in [1.82, 2.24) is 20.4 Å². The molecule has 0 saturated carbocycles. The number of fused-ring (bicyclic) bond motifs is 1. The largest absolute Gasteiger partial charge is 0.434 e. The quantitative estimate of drug-likeness (QED) is 0.465. The van der Waals surface area contributed by atoms with Crippen LogP contribution < -0.4 is 5.43 Å². The van der Waals surface area contributed by atoms with Gasteiger partial charge in [-0.2, -0.15) is 13.2 Å². The maximum Gasteiger partial charge on any atom is 0.434 e. The number of nitrogens with one attached hydrogen (secondary N) is 1. The third-order valence-electron chi connectivity index (χ3n) is 4.58. The van der Waals surface area contributed by atoms with Gasteiger partial charge in [-0.05, 0) is 35.9 Å². The molecule has 32 heavy (non-hydrogen) atoms. The highest BCUT2D eigenvalue weighted by molar-refractivity contribution is 8.00. The number of benzene rings is 1. The summed E-state index contributed by atoms with van der Waals surface area (Å²) in [6.45, 7) is 0. The normalized spacial score (nSPS) is 16.4. The van der Waals surface area contributed by atoms with E-state index < -0.39 is 39.5 Å². The predicted molar refractivity (Wildman–Crippen MR) is 107 cm³/mol. The van der Waals surface area contributed by atoms with Crippen LogP contribution in [0.5, 0.6) is 0 Å². The summed E-state index contributed by atoms with van der Waals surface area (Å²) in [6, 6.07) is 9.27. The minimum Gasteiger partial charge on any atom is -0.272 e. The number of alkyl halides is 3. The molecule has 0 bridgehead atoms. The Morgan fingerprint density at radius 3 is 2.62 bits per heavy atom. The van der Waals surface area contributed by atoms with Gasteiger partial charge in [0.25, 0.3) is 17.5 Å². The Kier molecular flexibility index (Phi) is 5.42. The van der Waals surface area contributed by atoms with Gasteiger partial charge in [0.15, 0.2) is 11.3 Å². The van der Waals surface area contributed by atoms with Crippen molar-refractivity contribution in [3.05, 3.63) is 75.6 Å². The highest BCUT2D eigenvalue weighted by Crippen LogP contribution is 2.38. The molecule has 1 aliphatic heterocycles. The predicted octanol–water partition coefficient (Wildman–Crippen LogP) is 3.48. The van der Waals surface area contributed by atoms with Gasteiger partial charge < -0.3 is 0 Å². The first-order chi connectivity index (χ1) is 15.1. The molecule has 3 aromatic rings. The number of carbonyl (C=O) groups excluding carboxylic acids is 2. The number of hydrogen-bond donors (Lipinski definition) is 1. The van der Waals surface area contributed by atoms with Crippen LogP contribution in [0.25, 0.3) is 11.0 Å². The van der Waals surface area contributed by atoms with Crippen molar-refractivity contribution >= 4 is 40.3 Å². The lowest BCUT2D eigenvalue weighted by Crippen LogP contribution is -2.45. The molecule has 1 aromatic carbocycles. The summed E-state index contributed by atoms with van der Waals surface area (Å²) >= 11 is 1.12. The number of hydrogen-bond acceptors (Lipinski definition) is 7. The van der Waals surface area contributed by atoms with Crippen molar-refractivity contribution in [3.63, 3.8) is 0 Å². The summed E-state index contributed by atoms with van der Waals surface area (Å²) in [4.78, 5) is 42.7. The van der Waals surface area contributed by atoms with Crippen molar-refractivity contribution in [3.8, 4) is 0 Å². The second-order valence-electron chi connectivity index (χ2n) is 6.65. The van der Waals surface area contributed by atoms with Gasteiger partial charge in [0.1, 0.15) is 5.37 Å². The number of carbonyl (C=O) groups is 2. The molecule has 164 valence electrons. The fourth-order valence-electron chi connectivity index (χ4n) is 3.12. The third kappa shape index (κ3) is 4.06. The summed E-state index contributed by atoms with van der Waals surface area (Å²) in [5.41, 5.74) is 0.181. The lowest BCUT2D eigenvalue weighted by Gasteiger charge is -2.25. The van der Waals surface area contributed by atoms with Crippen LogP contribution in [0.4, 0.5) is 18.9 Å². The van der Waals surface area contributed by atoms with Crippen molar-refractivity contribution in [2.45, 2.75) is 11.6 Å². The van der Waals surface area contributed by atoms with Crippen LogP contribution in [0, 0.1) is 10.1 Å². The number of pyridine rings is 2. The number of non-ortho nitro benzene ring substituents is 1. The Labute approximate surface area is 181 Å². The van der Waals surface area contributed by atoms with Gasteiger partial charge in [-0.3, -0.25) is 25.1 Å². The number of halogens is 3. The maximum absolute atomic E-state index is 13.6. The zero-order valence-corrected chi connectivity index (χ0v) is 16.7. The summed E-state index contributed by atoms with van der Waals surface area (Å²) in [5, 5.41) is 11.2. The molecular formula is C19H12F3N5O4S. The molecule has 4 rings (SSSR count). The third-order valence-corrected chi connectivity index (χ3v) is 5.79. The molecule has 0 aliphatic carbocycles. The number of hydrazine groups is 1. The molecule has 2 amide bonds. The number of nitro benzene ring substituents is 1. The lowest BCUT2D eigenvalue weighted by atomic mass is 10.1. The average molecular weight is 463 g/mol. The lowest BCUT2D eigenvalue weighted by molar-refractivity contribution is -0.384. The number of amides is 2. The summed E-state index contributed by atoms with van der Waals surface area (Å²) < 4.78 is 40.7. The number of nitro groups is 1. The standard InChI is InChI=1S/C19H12F3N5O4S/c20-19(21,22)15-13(8-11-2-1-7-23-16(11)24-15)17(29)25-26-14(28)9-32-18(26)10-3-5-12(6-4-10)27(30)31/h1-8,18H,9H2,(H,25,29). The number of thioether (sulfide) groups is 1. The van der Waals surface area contributed by atoms with E-state index >= 15 is 0 Å². The molecule has 0 spiro atoms. The molecule has 2 aromatic heterocycles. The van der Waals surface area contributed by atoms with Crippen molar-refractivity contribution < 1.29 is 27.7 Å². The van der Waals surface area contributed by atoms with Crippen molar-refractivity contribution in [2.24, 2.45) is 0 Å². The average Bonchev–Trinajstić information content (AvgIpc) is 3.12. The fraction of sp³-hybridized carbons (Fsp3) is 0.158. The molecule has 1 fully saturated rings. The van der Waals surface area contributed by atoms with Gasteiger partial charge in [-0.1, -0.05) is 0 Å². The van der Waals surface area contributed by atoms with Gasteiger partial charge >= 0.3 is 6.18 Å². The Hall–Kier alpha value is -3.74. The van der Waals surface area contributed by atoms with Crippen LogP contribution in [0.3, 0.4) is 0 Å². The van der Waals surface area contributed by atoms with Gasteiger partial charge in [-0.15, -0.1) is 11.8 Å². The fourth-order valence-corrected chi connectivity index (χ4v) is 4.22. The van der Waals surface area contributed by atoms with Gasteiger partial charge in [0.05, 0.1) is 16.2 Å². The second kappa shape index (κ2) is 8.07. The highest BCUT2D eigenvalue weighted by atomic mass is 32.2. The van der Waals surface area contributed by atoms with Crippen LogP contribution in [0.1, 0.15) is 27.0 Å². The molecule has 13 heteroatoms. The first-order valence-corrected chi connectivity index (χ1v) is 10.0. The molecule has 1 N–H and O–H groups in total. The Morgan fingerprint density at radius 2 is 1.97 bits per heavy atom. The minimum atomic E-state index is -4.93. The van der Waals surface area contributed by atoms with Crippen LogP contribution in [0.15, 0.2) is 48.7 Å². The van der Waals surface area contributed by atoms with Crippen molar-refractivity contribution in [1.29, 1.82) is 0 Å². The first kappa shape index (κ1) is 21.5. The molecule has 9 nitrogen and oxygen atoms in total. The van der Waals surface area contributed by atoms with E-state index in [1.165, 1.54) is 42.6 Å². The smallest absolute Gasteiger partial charge is 0.272 e. The van der Waals surface area contributed by atoms with E-state index in [1.54, 1.807) is 0 Å². The minimum absolute atomic E-state index is 0.0338. The van der Waals surface area contributed by atoms with Crippen LogP contribution in [-0.4, -0.2) is 37.5 Å². The second-order valence-corrected chi connectivity index (χ2v) is 7.72. The van der Waals surface area contributed by atoms with Crippen LogP contribution in [-0.2, 0) is 11.0 Å². The molecule has 1 aliphatic rings. The molecular weight excluding hydrogens is 451 g/mol. The highest BCUT2D eigenvalue weighted by Gasteiger charge is 2.40. The zero-order chi connectivity index (χ0) is 23.0. The van der Waals surface area contributed by atoms with Crippen LogP contribution in [0.2, 0.25) is 0 Å². The molecule has 3 heterocycles. The van der Waals surface area contributed by atoms with E-state index in [0.29, 0.717) is 5.56 Å². The Bertz CT molecular complexity index is 1240. The summed E-state index contributed by atoms with van der Waals surface area (Å²) in [5.74, 6) is -1.73. The molecule has 0 radical (unpaired) electrons. The van der Waals surface area contributed by atoms with E-state index in [-0.39, 0.29) is 22.5 Å². The SMILES string of the molecule is O=C(NN1C(=O)CSC1c1ccc([N+](=O)[O-])cc1)c1cc2cccnc2nc1C(F)(F)F. The molecule has 1 unspecified atom stereocenters. The molecule has 1 saturated heterocycles. The van der Waals surface area contributed by atoms with E-state index in [1.807, 2.05) is 0 Å². The Balaban J connectivity index is 1.67.